The van der Waals surface area contributed by atoms with Gasteiger partial charge >= 0.3 is 0 Å². The number of piperazine rings is 1. The summed E-state index contributed by atoms with van der Waals surface area (Å²) in [6.07, 6.45) is 0.706. The van der Waals surface area contributed by atoms with Crippen LogP contribution in [0.2, 0.25) is 0 Å². The monoisotopic (exact) mass is 247 g/mol. The number of carbonyl (C=O) groups is 1. The highest BCUT2D eigenvalue weighted by Gasteiger charge is 2.24. The van der Waals surface area contributed by atoms with Crippen LogP contribution in [0.1, 0.15) is 13.3 Å². The van der Waals surface area contributed by atoms with Crippen molar-refractivity contribution < 1.29 is 4.79 Å². The number of hydrogen-bond donors (Lipinski definition) is 1. The molecule has 4 nitrogen and oxygen atoms in total. The lowest BCUT2D eigenvalue weighted by Crippen LogP contribution is -2.53. The molecule has 1 amide bonds. The molecule has 0 aliphatic carbocycles. The Kier molecular flexibility index (Phi) is 4.20. The molecule has 1 aliphatic rings. The van der Waals surface area contributed by atoms with E-state index in [9.17, 15) is 4.79 Å². The third-order valence-corrected chi connectivity index (χ3v) is 3.47. The lowest BCUT2D eigenvalue weighted by Gasteiger charge is -2.37. The molecule has 2 rings (SSSR count). The van der Waals surface area contributed by atoms with E-state index in [1.165, 1.54) is 5.69 Å². The molecule has 18 heavy (non-hydrogen) atoms. The normalized spacial score (nSPS) is 17.7. The van der Waals surface area contributed by atoms with Gasteiger partial charge < -0.3 is 15.5 Å². The van der Waals surface area contributed by atoms with Crippen molar-refractivity contribution in [2.75, 3.05) is 31.1 Å². The summed E-state index contributed by atoms with van der Waals surface area (Å²) in [5, 5.41) is 0. The molecular formula is C14H21N3O. The molecule has 1 aromatic carbocycles. The summed E-state index contributed by atoms with van der Waals surface area (Å²) in [6.45, 7) is 5.24. The molecule has 0 unspecified atom stereocenters. The Morgan fingerprint density at radius 2 is 1.83 bits per heavy atom. The van der Waals surface area contributed by atoms with E-state index in [-0.39, 0.29) is 11.9 Å². The van der Waals surface area contributed by atoms with Gasteiger partial charge in [0.2, 0.25) is 5.91 Å². The van der Waals surface area contributed by atoms with Crippen LogP contribution in [0, 0.1) is 0 Å². The SMILES string of the molecule is CC[C@H](N)C(=O)N1CCN(c2ccccc2)CC1. The average Bonchev–Trinajstić information content (AvgIpc) is 2.47. The molecular weight excluding hydrogens is 226 g/mol. The molecule has 1 aromatic rings. The van der Waals surface area contributed by atoms with Crippen LogP contribution in [-0.4, -0.2) is 43.0 Å². The first-order valence-corrected chi connectivity index (χ1v) is 6.56. The zero-order valence-electron chi connectivity index (χ0n) is 10.9. The highest BCUT2D eigenvalue weighted by Crippen LogP contribution is 2.15. The summed E-state index contributed by atoms with van der Waals surface area (Å²) in [7, 11) is 0. The van der Waals surface area contributed by atoms with Crippen LogP contribution in [0.4, 0.5) is 5.69 Å². The van der Waals surface area contributed by atoms with Crippen molar-refractivity contribution in [3.8, 4) is 0 Å². The van der Waals surface area contributed by atoms with Crippen LogP contribution in [0.5, 0.6) is 0 Å². The highest BCUT2D eigenvalue weighted by atomic mass is 16.2. The Balaban J connectivity index is 1.90. The van der Waals surface area contributed by atoms with Crippen molar-refractivity contribution >= 4 is 11.6 Å². The van der Waals surface area contributed by atoms with Crippen molar-refractivity contribution in [3.05, 3.63) is 30.3 Å². The van der Waals surface area contributed by atoms with E-state index in [4.69, 9.17) is 5.73 Å². The Hall–Kier alpha value is -1.55. The first-order valence-electron chi connectivity index (χ1n) is 6.56. The molecule has 1 heterocycles. The number of carbonyl (C=O) groups excluding carboxylic acids is 1. The highest BCUT2D eigenvalue weighted by molar-refractivity contribution is 5.81. The fourth-order valence-corrected chi connectivity index (χ4v) is 2.23. The average molecular weight is 247 g/mol. The second-order valence-electron chi connectivity index (χ2n) is 4.66. The lowest BCUT2D eigenvalue weighted by molar-refractivity contribution is -0.132. The van der Waals surface area contributed by atoms with Crippen LogP contribution in [0.25, 0.3) is 0 Å². The van der Waals surface area contributed by atoms with Crippen molar-refractivity contribution in [2.24, 2.45) is 5.73 Å². The smallest absolute Gasteiger partial charge is 0.239 e. The zero-order chi connectivity index (χ0) is 13.0. The number of benzene rings is 1. The van der Waals surface area contributed by atoms with E-state index in [0.717, 1.165) is 26.2 Å². The van der Waals surface area contributed by atoms with E-state index in [2.05, 4.69) is 17.0 Å². The number of amides is 1. The van der Waals surface area contributed by atoms with Gasteiger partial charge in [-0.15, -0.1) is 0 Å². The largest absolute Gasteiger partial charge is 0.368 e. The quantitative estimate of drug-likeness (QED) is 0.869. The van der Waals surface area contributed by atoms with Gasteiger partial charge in [0, 0.05) is 31.9 Å². The topological polar surface area (TPSA) is 49.6 Å². The molecule has 0 aromatic heterocycles. The van der Waals surface area contributed by atoms with Crippen molar-refractivity contribution in [1.29, 1.82) is 0 Å². The van der Waals surface area contributed by atoms with Crippen LogP contribution < -0.4 is 10.6 Å². The van der Waals surface area contributed by atoms with Crippen molar-refractivity contribution in [2.45, 2.75) is 19.4 Å². The van der Waals surface area contributed by atoms with Gasteiger partial charge in [0.15, 0.2) is 0 Å². The Morgan fingerprint density at radius 1 is 1.22 bits per heavy atom. The Morgan fingerprint density at radius 3 is 2.39 bits per heavy atom. The third-order valence-electron chi connectivity index (χ3n) is 3.47. The number of para-hydroxylation sites is 1. The van der Waals surface area contributed by atoms with Gasteiger partial charge in [-0.3, -0.25) is 4.79 Å². The molecule has 98 valence electrons. The molecule has 2 N–H and O–H groups in total. The van der Waals surface area contributed by atoms with E-state index < -0.39 is 0 Å². The number of nitrogens with two attached hydrogens (primary N) is 1. The van der Waals surface area contributed by atoms with Gasteiger partial charge in [-0.1, -0.05) is 25.1 Å². The van der Waals surface area contributed by atoms with Crippen molar-refractivity contribution in [1.82, 2.24) is 4.90 Å². The predicted molar refractivity (Wildman–Crippen MR) is 73.5 cm³/mol. The summed E-state index contributed by atoms with van der Waals surface area (Å²) < 4.78 is 0. The van der Waals surface area contributed by atoms with Gasteiger partial charge in [0.1, 0.15) is 0 Å². The van der Waals surface area contributed by atoms with Gasteiger partial charge in [-0.2, -0.15) is 0 Å². The molecule has 1 saturated heterocycles. The molecule has 0 saturated carbocycles. The minimum absolute atomic E-state index is 0.0882. The second-order valence-corrected chi connectivity index (χ2v) is 4.66. The van der Waals surface area contributed by atoms with Gasteiger partial charge in [-0.05, 0) is 18.6 Å². The van der Waals surface area contributed by atoms with Crippen LogP contribution in [-0.2, 0) is 4.79 Å². The number of hydrogen-bond acceptors (Lipinski definition) is 3. The van der Waals surface area contributed by atoms with Gasteiger partial charge in [0.25, 0.3) is 0 Å². The summed E-state index contributed by atoms with van der Waals surface area (Å²) in [5.41, 5.74) is 7.01. The van der Waals surface area contributed by atoms with E-state index in [1.807, 2.05) is 30.0 Å². The maximum Gasteiger partial charge on any atom is 0.239 e. The maximum atomic E-state index is 12.0. The summed E-state index contributed by atoms with van der Waals surface area (Å²) in [5.74, 6) is 0.0882. The first kappa shape index (κ1) is 12.9. The molecule has 1 aliphatic heterocycles. The van der Waals surface area contributed by atoms with E-state index in [0.29, 0.717) is 6.42 Å². The predicted octanol–water partition coefficient (Wildman–Crippen LogP) is 1.07. The second kappa shape index (κ2) is 5.87. The summed E-state index contributed by atoms with van der Waals surface area (Å²) >= 11 is 0. The fourth-order valence-electron chi connectivity index (χ4n) is 2.23. The van der Waals surface area contributed by atoms with Gasteiger partial charge in [-0.25, -0.2) is 0 Å². The minimum Gasteiger partial charge on any atom is -0.368 e. The molecule has 0 bridgehead atoms. The minimum atomic E-state index is -0.340. The number of rotatable bonds is 3. The molecule has 4 heteroatoms. The Bertz CT molecular complexity index is 385. The Labute approximate surface area is 108 Å². The summed E-state index contributed by atoms with van der Waals surface area (Å²) in [4.78, 5) is 16.1. The number of nitrogens with zero attached hydrogens (tertiary/aromatic N) is 2. The molecule has 0 spiro atoms. The zero-order valence-corrected chi connectivity index (χ0v) is 10.9. The third kappa shape index (κ3) is 2.82. The standard InChI is InChI=1S/C14H21N3O/c1-2-13(15)14(18)17-10-8-16(9-11-17)12-6-4-3-5-7-12/h3-7,13H,2,8-11,15H2,1H3/t13-/m0/s1. The van der Waals surface area contributed by atoms with Crippen LogP contribution in [0.3, 0.4) is 0 Å². The lowest BCUT2D eigenvalue weighted by atomic mass is 10.2. The number of anilines is 1. The van der Waals surface area contributed by atoms with E-state index in [1.54, 1.807) is 0 Å². The van der Waals surface area contributed by atoms with E-state index >= 15 is 0 Å². The van der Waals surface area contributed by atoms with Crippen LogP contribution >= 0.6 is 0 Å². The van der Waals surface area contributed by atoms with Crippen molar-refractivity contribution in [3.63, 3.8) is 0 Å². The van der Waals surface area contributed by atoms with Crippen LogP contribution in [0.15, 0.2) is 30.3 Å². The first-order chi connectivity index (χ1) is 8.72. The summed E-state index contributed by atoms with van der Waals surface area (Å²) in [6, 6.07) is 9.97. The molecule has 1 fully saturated rings. The fraction of sp³-hybridized carbons (Fsp3) is 0.500. The molecule has 0 radical (unpaired) electrons. The van der Waals surface area contributed by atoms with Gasteiger partial charge in [0.05, 0.1) is 6.04 Å². The maximum absolute atomic E-state index is 12.0. The molecule has 1 atom stereocenters.